The third-order valence-corrected chi connectivity index (χ3v) is 5.11. The van der Waals surface area contributed by atoms with Crippen molar-refractivity contribution in [1.82, 2.24) is 15.0 Å². The summed E-state index contributed by atoms with van der Waals surface area (Å²) in [6.45, 7) is 1.67. The molecule has 3 aromatic rings. The molecular formula is C20H21BrClF3N4O. The van der Waals surface area contributed by atoms with Crippen molar-refractivity contribution in [2.45, 2.75) is 44.8 Å². The molecule has 0 bridgehead atoms. The molecular weight excluding hydrogens is 485 g/mol. The van der Waals surface area contributed by atoms with Crippen LogP contribution in [0.25, 0.3) is 11.0 Å². The number of pyridine rings is 1. The Bertz CT molecular complexity index is 1090. The fourth-order valence-electron chi connectivity index (χ4n) is 3.33. The van der Waals surface area contributed by atoms with Gasteiger partial charge in [0.1, 0.15) is 5.82 Å². The molecule has 30 heavy (non-hydrogen) atoms. The number of hydrogen-bond acceptors (Lipinski definition) is 4. The summed E-state index contributed by atoms with van der Waals surface area (Å²) in [5.74, 6) is 0.467. The first-order chi connectivity index (χ1) is 13.7. The Balaban J connectivity index is 0.00000320. The zero-order chi connectivity index (χ0) is 21.2. The second-order valence-electron chi connectivity index (χ2n) is 6.90. The van der Waals surface area contributed by atoms with E-state index in [4.69, 9.17) is 5.73 Å². The number of hydrogen-bond donors (Lipinski definition) is 2. The van der Waals surface area contributed by atoms with E-state index in [-0.39, 0.29) is 30.0 Å². The number of H-pyrrole nitrogens is 1. The molecule has 0 aliphatic rings. The lowest BCUT2D eigenvalue weighted by Gasteiger charge is -2.19. The second kappa shape index (κ2) is 9.89. The van der Waals surface area contributed by atoms with Gasteiger partial charge in [0.25, 0.3) is 5.56 Å². The van der Waals surface area contributed by atoms with Gasteiger partial charge >= 0.3 is 6.18 Å². The first-order valence-corrected chi connectivity index (χ1v) is 9.95. The van der Waals surface area contributed by atoms with Gasteiger partial charge in [-0.3, -0.25) is 4.79 Å². The molecule has 3 rings (SSSR count). The molecule has 0 aliphatic carbocycles. The summed E-state index contributed by atoms with van der Waals surface area (Å²) in [5, 5.41) is 0.379. The molecule has 3 N–H and O–H groups in total. The van der Waals surface area contributed by atoms with Gasteiger partial charge < -0.3 is 10.7 Å². The summed E-state index contributed by atoms with van der Waals surface area (Å²) in [4.78, 5) is 23.4. The van der Waals surface area contributed by atoms with Gasteiger partial charge in [0.2, 0.25) is 0 Å². The molecule has 5 nitrogen and oxygen atoms in total. The van der Waals surface area contributed by atoms with Gasteiger partial charge in [-0.05, 0) is 65.4 Å². The average molecular weight is 506 g/mol. The third kappa shape index (κ3) is 5.59. The summed E-state index contributed by atoms with van der Waals surface area (Å²) < 4.78 is 40.8. The first-order valence-electron chi connectivity index (χ1n) is 9.16. The average Bonchev–Trinajstić information content (AvgIpc) is 2.65. The maximum Gasteiger partial charge on any atom is 0.416 e. The van der Waals surface area contributed by atoms with E-state index in [0.29, 0.717) is 46.2 Å². The summed E-state index contributed by atoms with van der Waals surface area (Å²) in [6.07, 6.45) is -1.12. The number of halogens is 5. The molecule has 0 amide bonds. The van der Waals surface area contributed by atoms with Gasteiger partial charge in [-0.25, -0.2) is 9.97 Å². The normalized spacial score (nSPS) is 12.6. The number of nitrogens with zero attached hydrogens (tertiary/aromatic N) is 2. The number of nitrogens with two attached hydrogens (primary N) is 1. The fraction of sp³-hybridized carbons (Fsp3) is 0.350. The van der Waals surface area contributed by atoms with Crippen molar-refractivity contribution in [3.05, 3.63) is 67.8 Å². The summed E-state index contributed by atoms with van der Waals surface area (Å²) in [6, 6.07) is 5.27. The molecule has 10 heteroatoms. The van der Waals surface area contributed by atoms with Crippen molar-refractivity contribution in [2.24, 2.45) is 5.73 Å². The van der Waals surface area contributed by atoms with Crippen molar-refractivity contribution in [3.8, 4) is 0 Å². The Kier molecular flexibility index (Phi) is 8.01. The number of aromatic nitrogens is 3. The van der Waals surface area contributed by atoms with E-state index in [1.54, 1.807) is 25.3 Å². The lowest BCUT2D eigenvalue weighted by molar-refractivity contribution is -0.138. The van der Waals surface area contributed by atoms with E-state index >= 15 is 0 Å². The van der Waals surface area contributed by atoms with Gasteiger partial charge in [-0.2, -0.15) is 13.2 Å². The highest BCUT2D eigenvalue weighted by molar-refractivity contribution is 9.10. The minimum Gasteiger partial charge on any atom is -0.324 e. The smallest absolute Gasteiger partial charge is 0.324 e. The quantitative estimate of drug-likeness (QED) is 0.456. The Labute approximate surface area is 185 Å². The van der Waals surface area contributed by atoms with Crippen molar-refractivity contribution in [2.75, 3.05) is 0 Å². The number of aromatic amines is 1. The molecule has 0 spiro atoms. The molecule has 0 saturated carbocycles. The van der Waals surface area contributed by atoms with Crippen LogP contribution in [0.4, 0.5) is 13.2 Å². The van der Waals surface area contributed by atoms with Crippen LogP contribution in [0.5, 0.6) is 0 Å². The zero-order valence-corrected chi connectivity index (χ0v) is 18.5. The molecule has 0 fully saturated rings. The van der Waals surface area contributed by atoms with Crippen molar-refractivity contribution >= 4 is 39.4 Å². The van der Waals surface area contributed by atoms with E-state index in [1.165, 1.54) is 6.07 Å². The van der Waals surface area contributed by atoms with E-state index in [0.717, 1.165) is 6.07 Å². The van der Waals surface area contributed by atoms with Gasteiger partial charge in [-0.1, -0.05) is 12.1 Å². The van der Waals surface area contributed by atoms with Crippen LogP contribution in [0.1, 0.15) is 48.3 Å². The highest BCUT2D eigenvalue weighted by Gasteiger charge is 2.34. The van der Waals surface area contributed by atoms with Crippen LogP contribution >= 0.6 is 28.3 Å². The van der Waals surface area contributed by atoms with Crippen LogP contribution in [0.15, 0.2) is 39.7 Å². The molecule has 0 saturated heterocycles. The van der Waals surface area contributed by atoms with E-state index in [9.17, 15) is 18.0 Å². The SMILES string of the molecule is C[C@@H](N)c1cccc(C(F)(F)F)c1CCCCc1nc2ncc(Br)cc2c(=O)[nH]1.Cl. The molecule has 0 aliphatic heterocycles. The standard InChI is InChI=1S/C20H20BrF3N4O.ClH/c1-11(25)13-6-4-7-16(20(22,23)24)14(13)5-2-3-8-17-27-18-15(19(29)28-17)9-12(21)10-26-18;/h4,6-7,9-11H,2-3,5,8,25H2,1H3,(H,26,27,28,29);1H/t11-;/m1./s1. The van der Waals surface area contributed by atoms with E-state index < -0.39 is 17.8 Å². The molecule has 162 valence electrons. The number of alkyl halides is 3. The minimum absolute atomic E-state index is 0. The summed E-state index contributed by atoms with van der Waals surface area (Å²) in [5.41, 5.74) is 6.03. The number of nitrogens with one attached hydrogen (secondary N) is 1. The van der Waals surface area contributed by atoms with Crippen LogP contribution in [-0.2, 0) is 19.0 Å². The number of unbranched alkanes of at least 4 members (excludes halogenated alkanes) is 1. The lowest BCUT2D eigenvalue weighted by Crippen LogP contribution is -2.16. The molecule has 2 heterocycles. The lowest BCUT2D eigenvalue weighted by atomic mass is 9.92. The van der Waals surface area contributed by atoms with E-state index in [1.807, 2.05) is 0 Å². The maximum absolute atomic E-state index is 13.4. The van der Waals surface area contributed by atoms with Crippen LogP contribution < -0.4 is 11.3 Å². The predicted molar refractivity (Wildman–Crippen MR) is 116 cm³/mol. The molecule has 1 aromatic carbocycles. The van der Waals surface area contributed by atoms with Crippen LogP contribution in [-0.4, -0.2) is 15.0 Å². The van der Waals surface area contributed by atoms with Crippen molar-refractivity contribution < 1.29 is 13.2 Å². The predicted octanol–water partition coefficient (Wildman–Crippen LogP) is 5.11. The van der Waals surface area contributed by atoms with Crippen LogP contribution in [0.2, 0.25) is 0 Å². The third-order valence-electron chi connectivity index (χ3n) is 4.68. The largest absolute Gasteiger partial charge is 0.416 e. The van der Waals surface area contributed by atoms with E-state index in [2.05, 4.69) is 30.9 Å². The Morgan fingerprint density at radius 3 is 2.60 bits per heavy atom. The molecule has 0 unspecified atom stereocenters. The monoisotopic (exact) mass is 504 g/mol. The first kappa shape index (κ1) is 24.3. The minimum atomic E-state index is -4.43. The van der Waals surface area contributed by atoms with Crippen molar-refractivity contribution in [1.29, 1.82) is 0 Å². The van der Waals surface area contributed by atoms with Gasteiger partial charge in [0.15, 0.2) is 5.65 Å². The van der Waals surface area contributed by atoms with Gasteiger partial charge in [0, 0.05) is 23.1 Å². The number of benzene rings is 1. The van der Waals surface area contributed by atoms with Crippen LogP contribution in [0.3, 0.4) is 0 Å². The van der Waals surface area contributed by atoms with Crippen molar-refractivity contribution in [3.63, 3.8) is 0 Å². The zero-order valence-electron chi connectivity index (χ0n) is 16.1. The van der Waals surface area contributed by atoms with Gasteiger partial charge in [-0.15, -0.1) is 12.4 Å². The maximum atomic E-state index is 13.4. The second-order valence-corrected chi connectivity index (χ2v) is 7.82. The Morgan fingerprint density at radius 1 is 1.23 bits per heavy atom. The Morgan fingerprint density at radius 2 is 1.93 bits per heavy atom. The topological polar surface area (TPSA) is 84.7 Å². The summed E-state index contributed by atoms with van der Waals surface area (Å²) in [7, 11) is 0. The number of aryl methyl sites for hydroxylation is 1. The summed E-state index contributed by atoms with van der Waals surface area (Å²) >= 11 is 3.26. The highest BCUT2D eigenvalue weighted by Crippen LogP contribution is 2.35. The Hall–Kier alpha value is -1.97. The highest BCUT2D eigenvalue weighted by atomic mass is 79.9. The fourth-order valence-corrected chi connectivity index (χ4v) is 3.66. The molecule has 0 radical (unpaired) electrons. The molecule has 1 atom stereocenters. The van der Waals surface area contributed by atoms with Crippen LogP contribution in [0, 0.1) is 0 Å². The molecule has 2 aromatic heterocycles. The van der Waals surface area contributed by atoms with Gasteiger partial charge in [0.05, 0.1) is 10.9 Å². The number of fused-ring (bicyclic) bond motifs is 1. The number of rotatable bonds is 6.